The molecular weight excluding hydrogens is 172 g/mol. The first-order valence-corrected chi connectivity index (χ1v) is 5.25. The predicted octanol–water partition coefficient (Wildman–Crippen LogP) is 1.73. The number of hydrogen-bond donors (Lipinski definition) is 2. The van der Waals surface area contributed by atoms with Gasteiger partial charge in [0.2, 0.25) is 0 Å². The summed E-state index contributed by atoms with van der Waals surface area (Å²) in [7, 11) is 1.99. The van der Waals surface area contributed by atoms with Gasteiger partial charge >= 0.3 is 0 Å². The van der Waals surface area contributed by atoms with Gasteiger partial charge in [0.15, 0.2) is 0 Å². The van der Waals surface area contributed by atoms with Crippen LogP contribution in [0.3, 0.4) is 0 Å². The second kappa shape index (κ2) is 8.65. The van der Waals surface area contributed by atoms with Crippen LogP contribution in [0.15, 0.2) is 12.3 Å². The summed E-state index contributed by atoms with van der Waals surface area (Å²) in [5.41, 5.74) is 5.19. The lowest BCUT2D eigenvalue weighted by Crippen LogP contribution is -2.23. The Hall–Kier alpha value is -0.940. The molecule has 0 amide bonds. The zero-order valence-corrected chi connectivity index (χ0v) is 9.51. The van der Waals surface area contributed by atoms with Crippen LogP contribution in [0.4, 0.5) is 0 Å². The average Bonchev–Trinajstić information content (AvgIpc) is 2.21. The summed E-state index contributed by atoms with van der Waals surface area (Å²) in [5.74, 6) is 7.41. The van der Waals surface area contributed by atoms with E-state index in [2.05, 4.69) is 31.0 Å². The Balaban J connectivity index is 4.04. The largest absolute Gasteiger partial charge is 0.404 e. The SMILES string of the molecule is CCC(C)C(CC#C/C=C/N)CNC. The molecule has 0 aliphatic carbocycles. The first kappa shape index (κ1) is 13.1. The predicted molar refractivity (Wildman–Crippen MR) is 62.6 cm³/mol. The molecule has 2 nitrogen and oxygen atoms in total. The van der Waals surface area contributed by atoms with E-state index < -0.39 is 0 Å². The Labute approximate surface area is 88.0 Å². The minimum Gasteiger partial charge on any atom is -0.404 e. The highest BCUT2D eigenvalue weighted by Crippen LogP contribution is 2.17. The zero-order chi connectivity index (χ0) is 10.8. The van der Waals surface area contributed by atoms with E-state index in [0.717, 1.165) is 18.9 Å². The van der Waals surface area contributed by atoms with Crippen LogP contribution in [0.1, 0.15) is 26.7 Å². The van der Waals surface area contributed by atoms with E-state index >= 15 is 0 Å². The number of nitrogens with one attached hydrogen (secondary N) is 1. The van der Waals surface area contributed by atoms with Gasteiger partial charge in [-0.05, 0) is 25.4 Å². The molecule has 0 saturated carbocycles. The summed E-state index contributed by atoms with van der Waals surface area (Å²) in [6.07, 6.45) is 5.32. The van der Waals surface area contributed by atoms with Crippen LogP contribution in [-0.2, 0) is 0 Å². The first-order valence-electron chi connectivity index (χ1n) is 5.25. The van der Waals surface area contributed by atoms with Crippen molar-refractivity contribution in [3.63, 3.8) is 0 Å². The highest BCUT2D eigenvalue weighted by atomic mass is 14.8. The van der Waals surface area contributed by atoms with Crippen molar-refractivity contribution < 1.29 is 0 Å². The third-order valence-corrected chi connectivity index (χ3v) is 2.56. The molecule has 3 N–H and O–H groups in total. The van der Waals surface area contributed by atoms with Crippen molar-refractivity contribution in [1.82, 2.24) is 5.32 Å². The maximum absolute atomic E-state index is 5.19. The maximum atomic E-state index is 5.19. The van der Waals surface area contributed by atoms with Crippen LogP contribution in [0.2, 0.25) is 0 Å². The molecule has 0 aliphatic heterocycles. The normalized spacial score (nSPS) is 14.8. The quantitative estimate of drug-likeness (QED) is 0.654. The number of nitrogens with two attached hydrogens (primary N) is 1. The minimum atomic E-state index is 0.642. The van der Waals surface area contributed by atoms with E-state index in [0.29, 0.717) is 5.92 Å². The van der Waals surface area contributed by atoms with Crippen molar-refractivity contribution in [3.8, 4) is 11.8 Å². The molecule has 0 spiro atoms. The van der Waals surface area contributed by atoms with E-state index in [1.807, 2.05) is 7.05 Å². The molecular formula is C12H22N2. The molecule has 0 aliphatic rings. The van der Waals surface area contributed by atoms with Gasteiger partial charge in [-0.25, -0.2) is 0 Å². The fourth-order valence-electron chi connectivity index (χ4n) is 1.37. The van der Waals surface area contributed by atoms with Crippen LogP contribution in [0.5, 0.6) is 0 Å². The Morgan fingerprint density at radius 1 is 1.50 bits per heavy atom. The van der Waals surface area contributed by atoms with Crippen molar-refractivity contribution in [2.75, 3.05) is 13.6 Å². The Morgan fingerprint density at radius 3 is 2.71 bits per heavy atom. The second-order valence-electron chi connectivity index (χ2n) is 3.59. The monoisotopic (exact) mass is 194 g/mol. The van der Waals surface area contributed by atoms with Crippen molar-refractivity contribution in [2.45, 2.75) is 26.7 Å². The Morgan fingerprint density at radius 2 is 2.21 bits per heavy atom. The summed E-state index contributed by atoms with van der Waals surface area (Å²) in [4.78, 5) is 0. The van der Waals surface area contributed by atoms with Crippen LogP contribution >= 0.6 is 0 Å². The van der Waals surface area contributed by atoms with Gasteiger partial charge in [0, 0.05) is 18.7 Å². The summed E-state index contributed by atoms with van der Waals surface area (Å²) in [6.45, 7) is 5.54. The summed E-state index contributed by atoms with van der Waals surface area (Å²) < 4.78 is 0. The smallest absolute Gasteiger partial charge is 0.0135 e. The molecule has 2 atom stereocenters. The number of rotatable bonds is 5. The lowest BCUT2D eigenvalue weighted by atomic mass is 9.89. The lowest BCUT2D eigenvalue weighted by Gasteiger charge is -2.20. The van der Waals surface area contributed by atoms with Gasteiger partial charge in [0.1, 0.15) is 0 Å². The molecule has 0 radical (unpaired) electrons. The molecule has 0 rings (SSSR count). The highest BCUT2D eigenvalue weighted by Gasteiger charge is 2.13. The summed E-state index contributed by atoms with van der Waals surface area (Å²) >= 11 is 0. The zero-order valence-electron chi connectivity index (χ0n) is 9.51. The van der Waals surface area contributed by atoms with E-state index in [1.165, 1.54) is 12.6 Å². The third-order valence-electron chi connectivity index (χ3n) is 2.56. The molecule has 0 aromatic carbocycles. The minimum absolute atomic E-state index is 0.642. The molecule has 0 bridgehead atoms. The van der Waals surface area contributed by atoms with Crippen LogP contribution in [-0.4, -0.2) is 13.6 Å². The maximum Gasteiger partial charge on any atom is 0.0135 e. The third kappa shape index (κ3) is 5.66. The Bertz CT molecular complexity index is 210. The van der Waals surface area contributed by atoms with Crippen molar-refractivity contribution >= 4 is 0 Å². The fraction of sp³-hybridized carbons (Fsp3) is 0.667. The molecule has 0 heterocycles. The molecule has 80 valence electrons. The fourth-order valence-corrected chi connectivity index (χ4v) is 1.37. The van der Waals surface area contributed by atoms with E-state index in [9.17, 15) is 0 Å². The molecule has 2 unspecified atom stereocenters. The van der Waals surface area contributed by atoms with E-state index in [1.54, 1.807) is 6.08 Å². The van der Waals surface area contributed by atoms with Gasteiger partial charge in [-0.2, -0.15) is 0 Å². The Kier molecular flexibility index (Phi) is 8.07. The molecule has 0 aromatic rings. The molecule has 0 fully saturated rings. The summed E-state index contributed by atoms with van der Waals surface area (Å²) in [6, 6.07) is 0. The molecule has 14 heavy (non-hydrogen) atoms. The van der Waals surface area contributed by atoms with Gasteiger partial charge in [0.25, 0.3) is 0 Å². The topological polar surface area (TPSA) is 38.0 Å². The van der Waals surface area contributed by atoms with Crippen LogP contribution in [0.25, 0.3) is 0 Å². The van der Waals surface area contributed by atoms with Crippen LogP contribution < -0.4 is 11.1 Å². The van der Waals surface area contributed by atoms with Crippen molar-refractivity contribution in [1.29, 1.82) is 0 Å². The van der Waals surface area contributed by atoms with Crippen molar-refractivity contribution in [3.05, 3.63) is 12.3 Å². The van der Waals surface area contributed by atoms with Gasteiger partial charge in [-0.15, -0.1) is 0 Å². The van der Waals surface area contributed by atoms with E-state index in [-0.39, 0.29) is 0 Å². The van der Waals surface area contributed by atoms with Gasteiger partial charge < -0.3 is 11.1 Å². The second-order valence-corrected chi connectivity index (χ2v) is 3.59. The number of hydrogen-bond acceptors (Lipinski definition) is 2. The molecule has 0 saturated heterocycles. The highest BCUT2D eigenvalue weighted by molar-refractivity contribution is 5.14. The van der Waals surface area contributed by atoms with Gasteiger partial charge in [-0.1, -0.05) is 32.1 Å². The number of allylic oxidation sites excluding steroid dienone is 1. The average molecular weight is 194 g/mol. The van der Waals surface area contributed by atoms with Crippen molar-refractivity contribution in [2.24, 2.45) is 17.6 Å². The molecule has 2 heteroatoms. The van der Waals surface area contributed by atoms with Gasteiger partial charge in [0.05, 0.1) is 0 Å². The lowest BCUT2D eigenvalue weighted by molar-refractivity contribution is 0.345. The summed E-state index contributed by atoms with van der Waals surface area (Å²) in [5, 5.41) is 3.21. The van der Waals surface area contributed by atoms with E-state index in [4.69, 9.17) is 5.73 Å². The first-order chi connectivity index (χ1) is 6.76. The molecule has 0 aromatic heterocycles. The van der Waals surface area contributed by atoms with Crippen LogP contribution in [0, 0.1) is 23.7 Å². The standard InChI is InChI=1S/C12H22N2/c1-4-11(2)12(10-14-3)8-6-5-7-9-13/h7,9,11-12,14H,4,8,10,13H2,1-3H3/b9-7+. The van der Waals surface area contributed by atoms with Gasteiger partial charge in [-0.3, -0.25) is 0 Å².